The molecule has 6 heteroatoms. The van der Waals surface area contributed by atoms with Crippen LogP contribution < -0.4 is 16.7 Å². The first-order valence-corrected chi connectivity index (χ1v) is 6.16. The number of hydrogen-bond acceptors (Lipinski definition) is 4. The van der Waals surface area contributed by atoms with E-state index in [1.165, 1.54) is 4.57 Å². The van der Waals surface area contributed by atoms with E-state index in [1.807, 2.05) is 0 Å². The van der Waals surface area contributed by atoms with Crippen molar-refractivity contribution in [3.8, 4) is 0 Å². The Balaban J connectivity index is 2.12. The lowest BCUT2D eigenvalue weighted by atomic mass is 10.3. The maximum Gasteiger partial charge on any atom is 0.348 e. The Bertz CT molecular complexity index is 689. The van der Waals surface area contributed by atoms with Crippen molar-refractivity contribution in [2.45, 2.75) is 20.4 Å². The molecule has 3 N–H and O–H groups in total. The van der Waals surface area contributed by atoms with E-state index in [-0.39, 0.29) is 12.5 Å². The van der Waals surface area contributed by atoms with Crippen molar-refractivity contribution in [2.24, 2.45) is 0 Å². The lowest BCUT2D eigenvalue weighted by molar-refractivity contribution is -0.116. The van der Waals surface area contributed by atoms with Crippen molar-refractivity contribution in [1.29, 1.82) is 0 Å². The molecule has 1 amide bonds. The van der Waals surface area contributed by atoms with Crippen molar-refractivity contribution >= 4 is 17.3 Å². The second-order valence-electron chi connectivity index (χ2n) is 4.58. The topological polar surface area (TPSA) is 90.0 Å². The Kier molecular flexibility index (Phi) is 3.84. The van der Waals surface area contributed by atoms with Gasteiger partial charge in [-0.05, 0) is 44.2 Å². The molecule has 0 aliphatic carbocycles. The summed E-state index contributed by atoms with van der Waals surface area (Å²) in [5.74, 6) is -0.286. The third kappa shape index (κ3) is 3.23. The normalized spacial score (nSPS) is 10.3. The summed E-state index contributed by atoms with van der Waals surface area (Å²) in [6, 6.07) is 8.56. The molecule has 0 radical (unpaired) electrons. The number of hydrogen-bond donors (Lipinski definition) is 2. The quantitative estimate of drug-likeness (QED) is 0.818. The van der Waals surface area contributed by atoms with E-state index in [1.54, 1.807) is 44.2 Å². The minimum atomic E-state index is -0.421. The van der Waals surface area contributed by atoms with Crippen molar-refractivity contribution in [3.05, 3.63) is 52.2 Å². The molecular formula is C14H16N4O2. The SMILES string of the molecule is Cc1cc(C)n(CC(=O)Nc2ccc(N)cc2)c(=O)n1. The van der Waals surface area contributed by atoms with E-state index < -0.39 is 5.69 Å². The van der Waals surface area contributed by atoms with Gasteiger partial charge in [-0.15, -0.1) is 0 Å². The molecule has 0 saturated carbocycles. The summed E-state index contributed by atoms with van der Waals surface area (Å²) in [7, 11) is 0. The summed E-state index contributed by atoms with van der Waals surface area (Å²) < 4.78 is 1.33. The zero-order valence-electron chi connectivity index (χ0n) is 11.4. The predicted octanol–water partition coefficient (Wildman–Crippen LogP) is 1.08. The lowest BCUT2D eigenvalue weighted by Crippen LogP contribution is -2.31. The average Bonchev–Trinajstić information content (AvgIpc) is 2.36. The number of aromatic nitrogens is 2. The fourth-order valence-electron chi connectivity index (χ4n) is 1.88. The van der Waals surface area contributed by atoms with Crippen LogP contribution in [0.25, 0.3) is 0 Å². The zero-order valence-corrected chi connectivity index (χ0v) is 11.4. The number of benzene rings is 1. The number of nitrogens with zero attached hydrogens (tertiary/aromatic N) is 2. The van der Waals surface area contributed by atoms with E-state index in [4.69, 9.17) is 5.73 Å². The van der Waals surface area contributed by atoms with Gasteiger partial charge in [0.15, 0.2) is 0 Å². The molecule has 1 aromatic carbocycles. The predicted molar refractivity (Wildman–Crippen MR) is 77.5 cm³/mol. The Morgan fingerprint density at radius 3 is 2.55 bits per heavy atom. The minimum absolute atomic E-state index is 0.0671. The van der Waals surface area contributed by atoms with Crippen LogP contribution in [0, 0.1) is 13.8 Å². The van der Waals surface area contributed by atoms with E-state index in [0.29, 0.717) is 22.8 Å². The summed E-state index contributed by atoms with van der Waals surface area (Å²) in [5.41, 5.74) is 7.75. The lowest BCUT2D eigenvalue weighted by Gasteiger charge is -2.10. The molecule has 6 nitrogen and oxygen atoms in total. The molecule has 0 saturated heterocycles. The first kappa shape index (κ1) is 13.8. The van der Waals surface area contributed by atoms with Crippen LogP contribution in [0.3, 0.4) is 0 Å². The zero-order chi connectivity index (χ0) is 14.7. The van der Waals surface area contributed by atoms with Crippen LogP contribution in [0.1, 0.15) is 11.4 Å². The van der Waals surface area contributed by atoms with Crippen LogP contribution >= 0.6 is 0 Å². The maximum absolute atomic E-state index is 11.9. The summed E-state index contributed by atoms with van der Waals surface area (Å²) in [6.07, 6.45) is 0. The van der Waals surface area contributed by atoms with Gasteiger partial charge in [0.2, 0.25) is 5.91 Å². The Labute approximate surface area is 116 Å². The molecule has 20 heavy (non-hydrogen) atoms. The molecule has 2 rings (SSSR count). The average molecular weight is 272 g/mol. The largest absolute Gasteiger partial charge is 0.399 e. The highest BCUT2D eigenvalue weighted by atomic mass is 16.2. The maximum atomic E-state index is 11.9. The van der Waals surface area contributed by atoms with Crippen molar-refractivity contribution < 1.29 is 4.79 Å². The van der Waals surface area contributed by atoms with Crippen molar-refractivity contribution in [3.63, 3.8) is 0 Å². The third-order valence-corrected chi connectivity index (χ3v) is 2.84. The smallest absolute Gasteiger partial charge is 0.348 e. The van der Waals surface area contributed by atoms with Crippen LogP contribution in [0.4, 0.5) is 11.4 Å². The summed E-state index contributed by atoms with van der Waals surface area (Å²) in [4.78, 5) is 27.5. The Hall–Kier alpha value is -2.63. The summed E-state index contributed by atoms with van der Waals surface area (Å²) in [5, 5.41) is 2.70. The number of carbonyl (C=O) groups excluding carboxylic acids is 1. The number of carbonyl (C=O) groups is 1. The highest BCUT2D eigenvalue weighted by Crippen LogP contribution is 2.10. The minimum Gasteiger partial charge on any atom is -0.399 e. The number of nitrogens with one attached hydrogen (secondary N) is 1. The second kappa shape index (κ2) is 5.56. The molecule has 104 valence electrons. The number of aryl methyl sites for hydroxylation is 2. The van der Waals surface area contributed by atoms with Crippen LogP contribution in [0.5, 0.6) is 0 Å². The van der Waals surface area contributed by atoms with E-state index >= 15 is 0 Å². The van der Waals surface area contributed by atoms with Gasteiger partial charge in [0, 0.05) is 22.8 Å². The fraction of sp³-hybridized carbons (Fsp3) is 0.214. The molecule has 0 fully saturated rings. The Morgan fingerprint density at radius 1 is 1.30 bits per heavy atom. The van der Waals surface area contributed by atoms with Crippen molar-refractivity contribution in [1.82, 2.24) is 9.55 Å². The molecule has 0 atom stereocenters. The van der Waals surface area contributed by atoms with Gasteiger partial charge in [-0.25, -0.2) is 4.79 Å². The van der Waals surface area contributed by atoms with Gasteiger partial charge in [0.05, 0.1) is 0 Å². The number of nitrogens with two attached hydrogens (primary N) is 1. The van der Waals surface area contributed by atoms with Gasteiger partial charge in [0.1, 0.15) is 6.54 Å². The molecule has 0 unspecified atom stereocenters. The highest BCUT2D eigenvalue weighted by molar-refractivity contribution is 5.90. The summed E-state index contributed by atoms with van der Waals surface area (Å²) >= 11 is 0. The van der Waals surface area contributed by atoms with Gasteiger partial charge in [-0.1, -0.05) is 0 Å². The Morgan fingerprint density at radius 2 is 1.95 bits per heavy atom. The molecular weight excluding hydrogens is 256 g/mol. The molecule has 0 spiro atoms. The molecule has 0 aliphatic rings. The van der Waals surface area contributed by atoms with Gasteiger partial charge in [-0.3, -0.25) is 9.36 Å². The van der Waals surface area contributed by atoms with E-state index in [9.17, 15) is 9.59 Å². The van der Waals surface area contributed by atoms with Crippen LogP contribution in [0.2, 0.25) is 0 Å². The number of nitrogen functional groups attached to an aromatic ring is 1. The standard InChI is InChI=1S/C14H16N4O2/c1-9-7-10(2)18(14(20)16-9)8-13(19)17-12-5-3-11(15)4-6-12/h3-7H,8,15H2,1-2H3,(H,17,19). The number of amides is 1. The monoisotopic (exact) mass is 272 g/mol. The first-order valence-electron chi connectivity index (χ1n) is 6.16. The molecule has 1 aromatic heterocycles. The van der Waals surface area contributed by atoms with E-state index in [0.717, 1.165) is 0 Å². The molecule has 0 bridgehead atoms. The summed E-state index contributed by atoms with van der Waals surface area (Å²) in [6.45, 7) is 3.45. The first-order chi connectivity index (χ1) is 9.45. The van der Waals surface area contributed by atoms with Gasteiger partial charge in [-0.2, -0.15) is 4.98 Å². The molecule has 2 aromatic rings. The van der Waals surface area contributed by atoms with Crippen LogP contribution in [0.15, 0.2) is 35.1 Å². The molecule has 0 aliphatic heterocycles. The third-order valence-electron chi connectivity index (χ3n) is 2.84. The second-order valence-corrected chi connectivity index (χ2v) is 4.58. The highest BCUT2D eigenvalue weighted by Gasteiger charge is 2.08. The van der Waals surface area contributed by atoms with Gasteiger partial charge >= 0.3 is 5.69 Å². The van der Waals surface area contributed by atoms with Crippen LogP contribution in [-0.2, 0) is 11.3 Å². The number of anilines is 2. The van der Waals surface area contributed by atoms with Gasteiger partial charge < -0.3 is 11.1 Å². The van der Waals surface area contributed by atoms with Crippen molar-refractivity contribution in [2.75, 3.05) is 11.1 Å². The fourth-order valence-corrected chi connectivity index (χ4v) is 1.88. The van der Waals surface area contributed by atoms with Crippen LogP contribution in [-0.4, -0.2) is 15.5 Å². The molecule has 1 heterocycles. The van der Waals surface area contributed by atoms with E-state index in [2.05, 4.69) is 10.3 Å². The van der Waals surface area contributed by atoms with Gasteiger partial charge in [0.25, 0.3) is 0 Å². The number of rotatable bonds is 3.